The van der Waals surface area contributed by atoms with Crippen LogP contribution in [0.4, 0.5) is 4.39 Å². The van der Waals surface area contributed by atoms with Crippen molar-refractivity contribution >= 4 is 0 Å². The molecular formula is C20H25FN2O2. The molecule has 1 aliphatic rings. The highest BCUT2D eigenvalue weighted by Gasteiger charge is 2.19. The summed E-state index contributed by atoms with van der Waals surface area (Å²) in [5.41, 5.74) is 0.961. The number of hydrogen-bond acceptors (Lipinski definition) is 4. The average molecular weight is 344 g/mol. The molecule has 1 atom stereocenters. The van der Waals surface area contributed by atoms with Crippen LogP contribution in [0.25, 0.3) is 0 Å². The van der Waals surface area contributed by atoms with Crippen LogP contribution in [-0.4, -0.2) is 60.8 Å². The van der Waals surface area contributed by atoms with Gasteiger partial charge in [-0.15, -0.1) is 0 Å². The zero-order valence-corrected chi connectivity index (χ0v) is 14.4. The van der Waals surface area contributed by atoms with Crippen LogP contribution < -0.4 is 4.74 Å². The number of para-hydroxylation sites is 1. The van der Waals surface area contributed by atoms with Crippen LogP contribution in [0.2, 0.25) is 0 Å². The van der Waals surface area contributed by atoms with Gasteiger partial charge < -0.3 is 9.84 Å². The van der Waals surface area contributed by atoms with Gasteiger partial charge in [-0.25, -0.2) is 4.39 Å². The van der Waals surface area contributed by atoms with Crippen LogP contribution in [0.1, 0.15) is 11.7 Å². The van der Waals surface area contributed by atoms with E-state index in [4.69, 9.17) is 4.74 Å². The smallest absolute Gasteiger partial charge is 0.165 e. The van der Waals surface area contributed by atoms with Crippen molar-refractivity contribution in [1.29, 1.82) is 0 Å². The van der Waals surface area contributed by atoms with Crippen molar-refractivity contribution in [3.63, 3.8) is 0 Å². The van der Waals surface area contributed by atoms with Crippen LogP contribution >= 0.6 is 0 Å². The molecule has 25 heavy (non-hydrogen) atoms. The highest BCUT2D eigenvalue weighted by Crippen LogP contribution is 2.16. The maximum Gasteiger partial charge on any atom is 0.165 e. The summed E-state index contributed by atoms with van der Waals surface area (Å²) < 4.78 is 19.0. The molecule has 1 saturated heterocycles. The van der Waals surface area contributed by atoms with Crippen LogP contribution in [0.15, 0.2) is 54.6 Å². The Bertz CT molecular complexity index is 645. The molecule has 1 N–H and O–H groups in total. The van der Waals surface area contributed by atoms with Gasteiger partial charge in [0.1, 0.15) is 6.61 Å². The third-order valence-electron chi connectivity index (χ3n) is 4.58. The molecule has 134 valence electrons. The molecule has 5 heteroatoms. The van der Waals surface area contributed by atoms with E-state index in [-0.39, 0.29) is 5.82 Å². The van der Waals surface area contributed by atoms with Crippen molar-refractivity contribution in [1.82, 2.24) is 9.80 Å². The van der Waals surface area contributed by atoms with Gasteiger partial charge >= 0.3 is 0 Å². The van der Waals surface area contributed by atoms with E-state index in [1.807, 2.05) is 30.3 Å². The molecule has 1 fully saturated rings. The van der Waals surface area contributed by atoms with Gasteiger partial charge in [0.25, 0.3) is 0 Å². The number of ether oxygens (including phenoxy) is 1. The molecule has 3 rings (SSSR count). The molecule has 1 heterocycles. The van der Waals surface area contributed by atoms with Crippen LogP contribution in [0, 0.1) is 5.82 Å². The lowest BCUT2D eigenvalue weighted by Gasteiger charge is -2.35. The first kappa shape index (κ1) is 17.9. The Kier molecular flexibility index (Phi) is 6.39. The molecular weight excluding hydrogens is 319 g/mol. The van der Waals surface area contributed by atoms with Gasteiger partial charge in [-0.05, 0) is 17.7 Å². The highest BCUT2D eigenvalue weighted by molar-refractivity contribution is 5.23. The number of β-amino-alcohol motifs (C(OH)–C–C–N with tert-alkyl or cyclic N) is 1. The first-order valence-electron chi connectivity index (χ1n) is 8.77. The van der Waals surface area contributed by atoms with E-state index < -0.39 is 6.10 Å². The number of rotatable bonds is 7. The molecule has 0 aromatic heterocycles. The van der Waals surface area contributed by atoms with Gasteiger partial charge in [0.15, 0.2) is 11.6 Å². The van der Waals surface area contributed by atoms with E-state index in [1.165, 1.54) is 6.07 Å². The zero-order valence-electron chi connectivity index (χ0n) is 14.4. The Morgan fingerprint density at radius 3 is 2.28 bits per heavy atom. The molecule has 2 aromatic rings. The fourth-order valence-electron chi connectivity index (χ4n) is 3.07. The van der Waals surface area contributed by atoms with Crippen molar-refractivity contribution < 1.29 is 14.2 Å². The molecule has 0 radical (unpaired) electrons. The van der Waals surface area contributed by atoms with Crippen LogP contribution in [0.5, 0.6) is 5.75 Å². The summed E-state index contributed by atoms with van der Waals surface area (Å²) in [4.78, 5) is 4.60. The number of aliphatic hydroxyl groups excluding tert-OH is 1. The second-order valence-corrected chi connectivity index (χ2v) is 6.35. The number of halogens is 1. The van der Waals surface area contributed by atoms with Gasteiger partial charge in [0.05, 0.1) is 6.10 Å². The lowest BCUT2D eigenvalue weighted by Crippen LogP contribution is -2.48. The standard InChI is InChI=1S/C20H25FN2O2/c21-18-8-4-5-9-20(18)25-15-14-22-10-12-23(13-11-22)16-19(24)17-6-2-1-3-7-17/h1-9,19,24H,10-16H2/t19-/m1/s1. The molecule has 0 unspecified atom stereocenters. The maximum atomic E-state index is 13.5. The summed E-state index contributed by atoms with van der Waals surface area (Å²) in [6, 6.07) is 16.3. The molecule has 4 nitrogen and oxygen atoms in total. The van der Waals surface area contributed by atoms with Gasteiger partial charge in [-0.2, -0.15) is 0 Å². The lowest BCUT2D eigenvalue weighted by atomic mass is 10.1. The van der Waals surface area contributed by atoms with Crippen LogP contribution in [-0.2, 0) is 0 Å². The van der Waals surface area contributed by atoms with Crippen molar-refractivity contribution in [2.45, 2.75) is 6.10 Å². The monoisotopic (exact) mass is 344 g/mol. The fourth-order valence-corrected chi connectivity index (χ4v) is 3.07. The van der Waals surface area contributed by atoms with Gasteiger partial charge in [-0.3, -0.25) is 9.80 Å². The summed E-state index contributed by atoms with van der Waals surface area (Å²) in [6.45, 7) is 5.62. The molecule has 0 amide bonds. The van der Waals surface area contributed by atoms with Gasteiger partial charge in [-0.1, -0.05) is 42.5 Å². The van der Waals surface area contributed by atoms with Gasteiger partial charge in [0, 0.05) is 39.3 Å². The Labute approximate surface area is 148 Å². The highest BCUT2D eigenvalue weighted by atomic mass is 19.1. The minimum atomic E-state index is -0.447. The summed E-state index contributed by atoms with van der Waals surface area (Å²) in [5.74, 6) is -0.00524. The largest absolute Gasteiger partial charge is 0.489 e. The second kappa shape index (κ2) is 8.94. The van der Waals surface area contributed by atoms with E-state index in [0.717, 1.165) is 38.3 Å². The average Bonchev–Trinajstić information content (AvgIpc) is 2.65. The second-order valence-electron chi connectivity index (χ2n) is 6.35. The Morgan fingerprint density at radius 1 is 0.920 bits per heavy atom. The predicted molar refractivity (Wildman–Crippen MR) is 96.2 cm³/mol. The Morgan fingerprint density at radius 2 is 1.56 bits per heavy atom. The van der Waals surface area contributed by atoms with E-state index in [9.17, 15) is 9.50 Å². The number of aliphatic hydroxyl groups is 1. The Hall–Kier alpha value is -1.95. The molecule has 2 aromatic carbocycles. The quantitative estimate of drug-likeness (QED) is 0.837. The fraction of sp³-hybridized carbons (Fsp3) is 0.400. The minimum absolute atomic E-state index is 0.312. The Balaban J connectivity index is 1.37. The molecule has 0 aliphatic carbocycles. The molecule has 0 spiro atoms. The number of nitrogens with zero attached hydrogens (tertiary/aromatic N) is 2. The minimum Gasteiger partial charge on any atom is -0.489 e. The van der Waals surface area contributed by atoms with Crippen molar-refractivity contribution in [2.75, 3.05) is 45.9 Å². The van der Waals surface area contributed by atoms with Crippen molar-refractivity contribution in [3.8, 4) is 5.75 Å². The summed E-state index contributed by atoms with van der Waals surface area (Å²) in [5, 5.41) is 10.3. The number of benzene rings is 2. The molecule has 0 bridgehead atoms. The van der Waals surface area contributed by atoms with Gasteiger partial charge in [0.2, 0.25) is 0 Å². The molecule has 1 aliphatic heterocycles. The SMILES string of the molecule is O[C@H](CN1CCN(CCOc2ccccc2F)CC1)c1ccccc1. The van der Waals surface area contributed by atoms with Crippen LogP contribution in [0.3, 0.4) is 0 Å². The first-order chi connectivity index (χ1) is 12.2. The molecule has 0 saturated carbocycles. The summed E-state index contributed by atoms with van der Waals surface area (Å²) in [6.07, 6.45) is -0.447. The number of piperazine rings is 1. The van der Waals surface area contributed by atoms with E-state index >= 15 is 0 Å². The topological polar surface area (TPSA) is 35.9 Å². The lowest BCUT2D eigenvalue weighted by molar-refractivity contribution is 0.0674. The zero-order chi connectivity index (χ0) is 17.5. The van der Waals surface area contributed by atoms with E-state index in [1.54, 1.807) is 18.2 Å². The first-order valence-corrected chi connectivity index (χ1v) is 8.77. The maximum absolute atomic E-state index is 13.5. The third-order valence-corrected chi connectivity index (χ3v) is 4.58. The van der Waals surface area contributed by atoms with E-state index in [2.05, 4.69) is 9.80 Å². The van der Waals surface area contributed by atoms with Crippen molar-refractivity contribution in [2.24, 2.45) is 0 Å². The van der Waals surface area contributed by atoms with Crippen molar-refractivity contribution in [3.05, 3.63) is 66.0 Å². The normalized spacial score (nSPS) is 17.4. The predicted octanol–water partition coefficient (Wildman–Crippen LogP) is 2.56. The summed E-state index contributed by atoms with van der Waals surface area (Å²) >= 11 is 0. The third kappa shape index (κ3) is 5.26. The van der Waals surface area contributed by atoms with E-state index in [0.29, 0.717) is 18.9 Å². The number of hydrogen-bond donors (Lipinski definition) is 1. The summed E-state index contributed by atoms with van der Waals surface area (Å²) in [7, 11) is 0.